The highest BCUT2D eigenvalue weighted by molar-refractivity contribution is 6.30. The number of aryl methyl sites for hydroxylation is 4. The summed E-state index contributed by atoms with van der Waals surface area (Å²) in [4.78, 5) is 0. The highest BCUT2D eigenvalue weighted by Gasteiger charge is 2.13. The van der Waals surface area contributed by atoms with E-state index in [4.69, 9.17) is 11.6 Å². The zero-order valence-electron chi connectivity index (χ0n) is 15.6. The van der Waals surface area contributed by atoms with Crippen LogP contribution in [0.1, 0.15) is 56.6 Å². The van der Waals surface area contributed by atoms with Crippen LogP contribution in [0, 0.1) is 20.8 Å². The number of nitrogens with zero attached hydrogens (tertiary/aromatic N) is 4. The topological polar surface area (TPSA) is 35.6 Å². The Morgan fingerprint density at radius 3 is 1.61 bits per heavy atom. The van der Waals surface area contributed by atoms with Crippen molar-refractivity contribution in [1.29, 1.82) is 0 Å². The fourth-order valence-electron chi connectivity index (χ4n) is 1.58. The molecule has 0 atom stereocenters. The van der Waals surface area contributed by atoms with E-state index in [2.05, 4.69) is 10.2 Å². The average molecular weight is 351 g/mol. The molecule has 0 aliphatic rings. The van der Waals surface area contributed by atoms with Crippen LogP contribution in [0.3, 0.4) is 0 Å². The van der Waals surface area contributed by atoms with Crippen molar-refractivity contribution < 1.29 is 8.78 Å². The first kappa shape index (κ1) is 23.8. The summed E-state index contributed by atoms with van der Waals surface area (Å²) in [6, 6.07) is 0. The van der Waals surface area contributed by atoms with Gasteiger partial charge in [0.05, 0.1) is 5.69 Å². The second-order valence-corrected chi connectivity index (χ2v) is 4.65. The molecule has 0 fully saturated rings. The van der Waals surface area contributed by atoms with Crippen LogP contribution in [-0.2, 0) is 14.1 Å². The smallest absolute Gasteiger partial charge is 0.275 e. The molecule has 0 aromatic carbocycles. The van der Waals surface area contributed by atoms with E-state index >= 15 is 0 Å². The Hall–Kier alpha value is -1.43. The van der Waals surface area contributed by atoms with Crippen molar-refractivity contribution in [2.75, 3.05) is 0 Å². The largest absolute Gasteiger partial charge is 0.282 e. The molecule has 0 saturated carbocycles. The molecule has 0 spiro atoms. The quantitative estimate of drug-likeness (QED) is 0.689. The maximum Gasteiger partial charge on any atom is 0.282 e. The van der Waals surface area contributed by atoms with Gasteiger partial charge in [-0.1, -0.05) is 39.3 Å². The van der Waals surface area contributed by atoms with Crippen LogP contribution in [0.15, 0.2) is 6.20 Å². The number of hydrogen-bond acceptors (Lipinski definition) is 2. The monoisotopic (exact) mass is 350 g/mol. The minimum absolute atomic E-state index is 0.123. The first-order chi connectivity index (χ1) is 10.7. The molecule has 0 radical (unpaired) electrons. The summed E-state index contributed by atoms with van der Waals surface area (Å²) in [5.41, 5.74) is 2.49. The molecule has 2 aromatic rings. The standard InChI is InChI=1S/C6H9ClN2.C6H8F2N2.2C2H6/c1-4-5(2)8-9(3)6(4)7;1-4-3-10(2)9-5(4)6(7)8;2*1-2/h1-3H3;3,6H,1-2H3;2*1-2H3. The maximum atomic E-state index is 12.0. The SMILES string of the molecule is CC.CC.Cc1cn(C)nc1C(F)F.Cc1nn(C)c(Cl)c1C. The second kappa shape index (κ2) is 12.0. The number of hydrogen-bond donors (Lipinski definition) is 0. The number of halogens is 3. The Balaban J connectivity index is 0. The van der Waals surface area contributed by atoms with E-state index in [0.29, 0.717) is 5.56 Å². The molecule has 2 rings (SSSR count). The third kappa shape index (κ3) is 7.59. The van der Waals surface area contributed by atoms with Gasteiger partial charge in [-0.15, -0.1) is 0 Å². The lowest BCUT2D eigenvalue weighted by molar-refractivity contribution is 0.144. The molecule has 0 saturated heterocycles. The fourth-order valence-corrected chi connectivity index (χ4v) is 1.75. The average Bonchev–Trinajstić information content (AvgIpc) is 2.98. The molecule has 7 heteroatoms. The van der Waals surface area contributed by atoms with Gasteiger partial charge in [0.2, 0.25) is 0 Å². The summed E-state index contributed by atoms with van der Waals surface area (Å²) in [5, 5.41) is 8.40. The lowest BCUT2D eigenvalue weighted by Crippen LogP contribution is -1.91. The number of alkyl halides is 2. The van der Waals surface area contributed by atoms with E-state index in [1.165, 1.54) is 4.68 Å². The molecule has 0 unspecified atom stereocenters. The Labute approximate surface area is 143 Å². The lowest BCUT2D eigenvalue weighted by Gasteiger charge is -1.91. The van der Waals surface area contributed by atoms with E-state index in [9.17, 15) is 8.78 Å². The second-order valence-electron chi connectivity index (χ2n) is 4.30. The van der Waals surface area contributed by atoms with E-state index in [1.807, 2.05) is 48.6 Å². The van der Waals surface area contributed by atoms with Crippen molar-refractivity contribution in [2.45, 2.75) is 54.9 Å². The predicted molar refractivity (Wildman–Crippen MR) is 93.3 cm³/mol. The first-order valence-electron chi connectivity index (χ1n) is 7.68. The van der Waals surface area contributed by atoms with E-state index < -0.39 is 6.43 Å². The van der Waals surface area contributed by atoms with Crippen LogP contribution in [0.2, 0.25) is 5.15 Å². The highest BCUT2D eigenvalue weighted by Crippen LogP contribution is 2.19. The molecular formula is C16H29ClF2N4. The summed E-state index contributed by atoms with van der Waals surface area (Å²) in [6.07, 6.45) is -0.886. The van der Waals surface area contributed by atoms with Gasteiger partial charge in [0.1, 0.15) is 10.8 Å². The molecule has 0 aliphatic heterocycles. The molecule has 0 bridgehead atoms. The van der Waals surface area contributed by atoms with Gasteiger partial charge in [-0.3, -0.25) is 9.36 Å². The summed E-state index contributed by atoms with van der Waals surface area (Å²) in [5.74, 6) is 0. The lowest BCUT2D eigenvalue weighted by atomic mass is 10.3. The zero-order chi connectivity index (χ0) is 18.7. The molecule has 134 valence electrons. The molecule has 23 heavy (non-hydrogen) atoms. The van der Waals surface area contributed by atoms with E-state index in [-0.39, 0.29) is 5.69 Å². The Kier molecular flexibility index (Phi) is 12.5. The van der Waals surface area contributed by atoms with Crippen LogP contribution >= 0.6 is 11.6 Å². The third-order valence-electron chi connectivity index (χ3n) is 2.69. The van der Waals surface area contributed by atoms with E-state index in [1.54, 1.807) is 24.9 Å². The molecule has 2 heterocycles. The van der Waals surface area contributed by atoms with E-state index in [0.717, 1.165) is 16.4 Å². The molecule has 0 N–H and O–H groups in total. The third-order valence-corrected chi connectivity index (χ3v) is 3.22. The molecule has 2 aromatic heterocycles. The molecular weight excluding hydrogens is 322 g/mol. The van der Waals surface area contributed by atoms with Crippen LogP contribution in [0.4, 0.5) is 8.78 Å². The summed E-state index contributed by atoms with van der Waals surface area (Å²) in [7, 11) is 3.46. The van der Waals surface area contributed by atoms with Crippen LogP contribution in [0.25, 0.3) is 0 Å². The minimum atomic E-state index is -2.46. The van der Waals surface area contributed by atoms with Crippen molar-refractivity contribution in [3.63, 3.8) is 0 Å². The van der Waals surface area contributed by atoms with Gasteiger partial charge >= 0.3 is 0 Å². The van der Waals surface area contributed by atoms with Gasteiger partial charge in [-0.25, -0.2) is 8.78 Å². The number of aromatic nitrogens is 4. The molecule has 4 nitrogen and oxygen atoms in total. The van der Waals surface area contributed by atoms with Crippen molar-refractivity contribution >= 4 is 11.6 Å². The van der Waals surface area contributed by atoms with Gasteiger partial charge < -0.3 is 0 Å². The van der Waals surface area contributed by atoms with Crippen LogP contribution < -0.4 is 0 Å². The summed E-state index contributed by atoms with van der Waals surface area (Å²) >= 11 is 5.80. The van der Waals surface area contributed by atoms with Gasteiger partial charge in [-0.2, -0.15) is 10.2 Å². The van der Waals surface area contributed by atoms with Crippen molar-refractivity contribution in [2.24, 2.45) is 14.1 Å². The Morgan fingerprint density at radius 2 is 1.48 bits per heavy atom. The Morgan fingerprint density at radius 1 is 1.00 bits per heavy atom. The normalized spacial score (nSPS) is 9.26. The van der Waals surface area contributed by atoms with Crippen molar-refractivity contribution in [1.82, 2.24) is 19.6 Å². The minimum Gasteiger partial charge on any atom is -0.275 e. The fraction of sp³-hybridized carbons (Fsp3) is 0.625. The van der Waals surface area contributed by atoms with Crippen molar-refractivity contribution in [3.05, 3.63) is 33.9 Å². The maximum absolute atomic E-state index is 12.0. The first-order valence-corrected chi connectivity index (χ1v) is 8.05. The Bertz CT molecular complexity index is 540. The predicted octanol–water partition coefficient (Wildman–Crippen LogP) is 5.41. The zero-order valence-corrected chi connectivity index (χ0v) is 16.3. The molecule has 0 amide bonds. The van der Waals surface area contributed by atoms with Crippen LogP contribution in [0.5, 0.6) is 0 Å². The van der Waals surface area contributed by atoms with Gasteiger partial charge in [0.25, 0.3) is 6.43 Å². The number of rotatable bonds is 1. The summed E-state index contributed by atoms with van der Waals surface area (Å²) in [6.45, 7) is 13.5. The van der Waals surface area contributed by atoms with Crippen LogP contribution in [-0.4, -0.2) is 19.6 Å². The highest BCUT2D eigenvalue weighted by atomic mass is 35.5. The molecule has 0 aliphatic carbocycles. The summed E-state index contributed by atoms with van der Waals surface area (Å²) < 4.78 is 27.0. The van der Waals surface area contributed by atoms with Gasteiger partial charge in [0.15, 0.2) is 0 Å². The van der Waals surface area contributed by atoms with Gasteiger partial charge in [-0.05, 0) is 26.3 Å². The van der Waals surface area contributed by atoms with Gasteiger partial charge in [0, 0.05) is 25.9 Å². The van der Waals surface area contributed by atoms with Crippen molar-refractivity contribution in [3.8, 4) is 0 Å².